The number of rotatable bonds is 6. The summed E-state index contributed by atoms with van der Waals surface area (Å²) in [4.78, 5) is 0. The zero-order valence-corrected chi connectivity index (χ0v) is 13.7. The van der Waals surface area contributed by atoms with Gasteiger partial charge in [-0.25, -0.2) is 4.39 Å². The van der Waals surface area contributed by atoms with E-state index in [9.17, 15) is 4.39 Å². The molecule has 1 aliphatic carbocycles. The first-order valence-electron chi connectivity index (χ1n) is 8.58. The Labute approximate surface area is 129 Å². The standard InChI is InChI=1S/C19H30FN/c1-4-11-21-19-10-9-15(14(2)3)12-17(19)13-16-7-5-6-8-18(16)20/h5-8,14-15,17,19,21H,4,9-13H2,1-3H3. The van der Waals surface area contributed by atoms with Gasteiger partial charge in [0, 0.05) is 6.04 Å². The van der Waals surface area contributed by atoms with Crippen LogP contribution in [0.4, 0.5) is 4.39 Å². The Kier molecular flexibility index (Phi) is 6.22. The molecule has 118 valence electrons. The van der Waals surface area contributed by atoms with Crippen molar-refractivity contribution in [2.24, 2.45) is 17.8 Å². The van der Waals surface area contributed by atoms with E-state index in [1.165, 1.54) is 19.3 Å². The molecule has 1 nitrogen and oxygen atoms in total. The summed E-state index contributed by atoms with van der Waals surface area (Å²) in [5.41, 5.74) is 0.884. The van der Waals surface area contributed by atoms with Crippen molar-refractivity contribution in [1.29, 1.82) is 0 Å². The molecular weight excluding hydrogens is 261 g/mol. The zero-order valence-electron chi connectivity index (χ0n) is 13.7. The predicted molar refractivity (Wildman–Crippen MR) is 87.9 cm³/mol. The van der Waals surface area contributed by atoms with Crippen molar-refractivity contribution in [1.82, 2.24) is 5.32 Å². The summed E-state index contributed by atoms with van der Waals surface area (Å²) < 4.78 is 14.0. The molecule has 3 atom stereocenters. The number of nitrogens with one attached hydrogen (secondary N) is 1. The Balaban J connectivity index is 2.07. The quantitative estimate of drug-likeness (QED) is 0.793. The van der Waals surface area contributed by atoms with E-state index >= 15 is 0 Å². The van der Waals surface area contributed by atoms with Crippen LogP contribution in [0.1, 0.15) is 52.0 Å². The van der Waals surface area contributed by atoms with Crippen molar-refractivity contribution in [2.45, 2.75) is 58.9 Å². The minimum absolute atomic E-state index is 0.0431. The highest BCUT2D eigenvalue weighted by molar-refractivity contribution is 5.18. The molecular formula is C19H30FN. The van der Waals surface area contributed by atoms with E-state index in [4.69, 9.17) is 0 Å². The zero-order chi connectivity index (χ0) is 15.2. The van der Waals surface area contributed by atoms with E-state index in [0.29, 0.717) is 12.0 Å². The second-order valence-electron chi connectivity index (χ2n) is 6.93. The molecule has 0 bridgehead atoms. The Morgan fingerprint density at radius 2 is 2.00 bits per heavy atom. The highest BCUT2D eigenvalue weighted by Crippen LogP contribution is 2.36. The second kappa shape index (κ2) is 7.93. The molecule has 1 aromatic carbocycles. The lowest BCUT2D eigenvalue weighted by Crippen LogP contribution is -2.42. The fourth-order valence-corrected chi connectivity index (χ4v) is 3.68. The summed E-state index contributed by atoms with van der Waals surface area (Å²) in [6.45, 7) is 7.93. The van der Waals surface area contributed by atoms with E-state index < -0.39 is 0 Å². The van der Waals surface area contributed by atoms with Crippen molar-refractivity contribution in [2.75, 3.05) is 6.54 Å². The lowest BCUT2D eigenvalue weighted by atomic mass is 9.71. The van der Waals surface area contributed by atoms with Crippen LogP contribution in [0.15, 0.2) is 24.3 Å². The highest BCUT2D eigenvalue weighted by atomic mass is 19.1. The van der Waals surface area contributed by atoms with Gasteiger partial charge in [0.15, 0.2) is 0 Å². The molecule has 0 aliphatic heterocycles. The van der Waals surface area contributed by atoms with Gasteiger partial charge in [-0.05, 0) is 68.0 Å². The summed E-state index contributed by atoms with van der Waals surface area (Å²) in [5, 5.41) is 3.70. The lowest BCUT2D eigenvalue weighted by molar-refractivity contribution is 0.167. The lowest BCUT2D eigenvalue weighted by Gasteiger charge is -2.38. The third-order valence-corrected chi connectivity index (χ3v) is 5.06. The van der Waals surface area contributed by atoms with Gasteiger partial charge in [0.1, 0.15) is 5.82 Å². The number of benzene rings is 1. The molecule has 1 N–H and O–H groups in total. The van der Waals surface area contributed by atoms with Crippen LogP contribution < -0.4 is 5.32 Å². The average molecular weight is 291 g/mol. The Hall–Kier alpha value is -0.890. The first kappa shape index (κ1) is 16.5. The van der Waals surface area contributed by atoms with Crippen LogP contribution in [0.2, 0.25) is 0 Å². The molecule has 21 heavy (non-hydrogen) atoms. The molecule has 0 spiro atoms. The Bertz CT molecular complexity index is 429. The Morgan fingerprint density at radius 1 is 1.24 bits per heavy atom. The van der Waals surface area contributed by atoms with Gasteiger partial charge in [-0.3, -0.25) is 0 Å². The summed E-state index contributed by atoms with van der Waals surface area (Å²) in [7, 11) is 0. The number of hydrogen-bond acceptors (Lipinski definition) is 1. The predicted octanol–water partition coefficient (Wildman–Crippen LogP) is 4.81. The Morgan fingerprint density at radius 3 is 2.67 bits per heavy atom. The molecule has 2 heteroatoms. The molecule has 0 saturated heterocycles. The van der Waals surface area contributed by atoms with Gasteiger partial charge >= 0.3 is 0 Å². The van der Waals surface area contributed by atoms with E-state index in [0.717, 1.165) is 36.8 Å². The molecule has 3 unspecified atom stereocenters. The van der Waals surface area contributed by atoms with E-state index in [2.05, 4.69) is 26.1 Å². The van der Waals surface area contributed by atoms with E-state index in [1.54, 1.807) is 12.1 Å². The second-order valence-corrected chi connectivity index (χ2v) is 6.93. The van der Waals surface area contributed by atoms with Crippen molar-refractivity contribution >= 4 is 0 Å². The first-order chi connectivity index (χ1) is 10.1. The molecule has 1 fully saturated rings. The van der Waals surface area contributed by atoms with Gasteiger partial charge in [0.2, 0.25) is 0 Å². The summed E-state index contributed by atoms with van der Waals surface area (Å²) in [6, 6.07) is 7.83. The van der Waals surface area contributed by atoms with Crippen LogP contribution in [0.3, 0.4) is 0 Å². The maximum Gasteiger partial charge on any atom is 0.126 e. The van der Waals surface area contributed by atoms with E-state index in [1.807, 2.05) is 12.1 Å². The number of hydrogen-bond donors (Lipinski definition) is 1. The van der Waals surface area contributed by atoms with Crippen LogP contribution in [0.5, 0.6) is 0 Å². The van der Waals surface area contributed by atoms with Gasteiger partial charge in [0.05, 0.1) is 0 Å². The van der Waals surface area contributed by atoms with Crippen LogP contribution >= 0.6 is 0 Å². The maximum atomic E-state index is 14.0. The SMILES string of the molecule is CCCNC1CCC(C(C)C)CC1Cc1ccccc1F. The molecule has 0 radical (unpaired) electrons. The first-order valence-corrected chi connectivity index (χ1v) is 8.58. The topological polar surface area (TPSA) is 12.0 Å². The van der Waals surface area contributed by atoms with Crippen molar-refractivity contribution < 1.29 is 4.39 Å². The van der Waals surface area contributed by atoms with Gasteiger partial charge in [-0.15, -0.1) is 0 Å². The molecule has 1 aliphatic rings. The van der Waals surface area contributed by atoms with Gasteiger partial charge in [-0.2, -0.15) is 0 Å². The van der Waals surface area contributed by atoms with Gasteiger partial charge in [-0.1, -0.05) is 39.0 Å². The largest absolute Gasteiger partial charge is 0.314 e. The molecule has 0 amide bonds. The summed E-state index contributed by atoms with van der Waals surface area (Å²) >= 11 is 0. The fraction of sp³-hybridized carbons (Fsp3) is 0.684. The van der Waals surface area contributed by atoms with Crippen molar-refractivity contribution in [3.8, 4) is 0 Å². The molecule has 1 saturated carbocycles. The maximum absolute atomic E-state index is 14.0. The molecule has 0 heterocycles. The summed E-state index contributed by atoms with van der Waals surface area (Å²) in [6.07, 6.45) is 5.82. The van der Waals surface area contributed by atoms with Crippen LogP contribution in [-0.2, 0) is 6.42 Å². The smallest absolute Gasteiger partial charge is 0.126 e. The molecule has 1 aromatic rings. The van der Waals surface area contributed by atoms with E-state index in [-0.39, 0.29) is 5.82 Å². The minimum atomic E-state index is -0.0431. The minimum Gasteiger partial charge on any atom is -0.314 e. The monoisotopic (exact) mass is 291 g/mol. The highest BCUT2D eigenvalue weighted by Gasteiger charge is 2.31. The molecule has 0 aromatic heterocycles. The average Bonchev–Trinajstić information content (AvgIpc) is 2.48. The van der Waals surface area contributed by atoms with Crippen LogP contribution in [0.25, 0.3) is 0 Å². The third-order valence-electron chi connectivity index (χ3n) is 5.06. The number of halogens is 1. The third kappa shape index (κ3) is 4.54. The fourth-order valence-electron chi connectivity index (χ4n) is 3.68. The van der Waals surface area contributed by atoms with Gasteiger partial charge in [0.25, 0.3) is 0 Å². The van der Waals surface area contributed by atoms with Crippen LogP contribution in [-0.4, -0.2) is 12.6 Å². The van der Waals surface area contributed by atoms with Crippen molar-refractivity contribution in [3.05, 3.63) is 35.6 Å². The summed E-state index contributed by atoms with van der Waals surface area (Å²) in [5.74, 6) is 2.05. The van der Waals surface area contributed by atoms with Crippen molar-refractivity contribution in [3.63, 3.8) is 0 Å². The van der Waals surface area contributed by atoms with Gasteiger partial charge < -0.3 is 5.32 Å². The van der Waals surface area contributed by atoms with Crippen LogP contribution in [0, 0.1) is 23.6 Å². The molecule has 2 rings (SSSR count). The normalized spacial score (nSPS) is 26.2.